The number of hydrogen-bond acceptors (Lipinski definition) is 6. The highest BCUT2D eigenvalue weighted by molar-refractivity contribution is 7.98. The second-order valence-electron chi connectivity index (χ2n) is 6.65. The number of hydrogen-bond donors (Lipinski definition) is 0. The fourth-order valence-corrected chi connectivity index (χ4v) is 4.81. The molecular weight excluding hydrogens is 404 g/mol. The number of thiazole rings is 1. The summed E-state index contributed by atoms with van der Waals surface area (Å²) in [5, 5.41) is 3.14. The highest BCUT2D eigenvalue weighted by Gasteiger charge is 2.20. The maximum Gasteiger partial charge on any atom is 0.255 e. The first kappa shape index (κ1) is 19.8. The molecule has 3 aromatic rings. The topological polar surface area (TPSA) is 51.7 Å². The predicted molar refractivity (Wildman–Crippen MR) is 116 cm³/mol. The van der Waals surface area contributed by atoms with Crippen molar-refractivity contribution >= 4 is 29.0 Å². The Labute approximate surface area is 178 Å². The smallest absolute Gasteiger partial charge is 0.255 e. The molecule has 0 radical (unpaired) electrons. The van der Waals surface area contributed by atoms with E-state index in [1.54, 1.807) is 23.1 Å². The molecule has 0 unspecified atom stereocenters. The van der Waals surface area contributed by atoms with Gasteiger partial charge < -0.3 is 14.4 Å². The van der Waals surface area contributed by atoms with E-state index >= 15 is 0 Å². The van der Waals surface area contributed by atoms with Crippen molar-refractivity contribution in [2.24, 2.45) is 0 Å². The lowest BCUT2D eigenvalue weighted by Gasteiger charge is -2.22. The van der Waals surface area contributed by atoms with Gasteiger partial charge in [0, 0.05) is 29.1 Å². The molecule has 0 saturated carbocycles. The lowest BCUT2D eigenvalue weighted by atomic mass is 10.1. The lowest BCUT2D eigenvalue weighted by Crippen LogP contribution is -2.30. The van der Waals surface area contributed by atoms with Crippen molar-refractivity contribution in [1.29, 1.82) is 0 Å². The molecule has 1 aliphatic heterocycles. The van der Waals surface area contributed by atoms with Crippen molar-refractivity contribution < 1.29 is 14.3 Å². The van der Waals surface area contributed by atoms with Crippen LogP contribution in [0.2, 0.25) is 0 Å². The van der Waals surface area contributed by atoms with E-state index in [-0.39, 0.29) is 12.7 Å². The largest absolute Gasteiger partial charge is 0.454 e. The number of aryl methyl sites for hydroxylation is 1. The summed E-state index contributed by atoms with van der Waals surface area (Å²) < 4.78 is 10.8. The number of nitrogens with zero attached hydrogens (tertiary/aromatic N) is 2. The molecule has 1 amide bonds. The van der Waals surface area contributed by atoms with Crippen molar-refractivity contribution in [2.75, 3.05) is 13.3 Å². The number of amides is 1. The predicted octanol–water partition coefficient (Wildman–Crippen LogP) is 5.13. The monoisotopic (exact) mass is 426 g/mol. The third kappa shape index (κ3) is 4.57. The number of aromatic nitrogens is 1. The van der Waals surface area contributed by atoms with E-state index in [4.69, 9.17) is 9.47 Å². The van der Waals surface area contributed by atoms with Gasteiger partial charge in [-0.1, -0.05) is 18.2 Å². The number of carbonyl (C=O) groups is 1. The lowest BCUT2D eigenvalue weighted by molar-refractivity contribution is 0.0749. The average molecular weight is 427 g/mol. The molecule has 2 aromatic carbocycles. The van der Waals surface area contributed by atoms with Gasteiger partial charge in [0.25, 0.3) is 5.91 Å². The molecule has 0 N–H and O–H groups in total. The van der Waals surface area contributed by atoms with Crippen LogP contribution in [-0.2, 0) is 12.3 Å². The van der Waals surface area contributed by atoms with Crippen LogP contribution in [0.5, 0.6) is 11.5 Å². The summed E-state index contributed by atoms with van der Waals surface area (Å²) in [7, 11) is 0. The Morgan fingerprint density at radius 2 is 2.03 bits per heavy atom. The zero-order valence-corrected chi connectivity index (χ0v) is 18.0. The number of benzene rings is 2. The van der Waals surface area contributed by atoms with Gasteiger partial charge in [-0.3, -0.25) is 4.79 Å². The fourth-order valence-electron chi connectivity index (χ4n) is 3.15. The van der Waals surface area contributed by atoms with Crippen LogP contribution in [0.4, 0.5) is 0 Å². The highest BCUT2D eigenvalue weighted by atomic mass is 32.2. The second-order valence-corrected chi connectivity index (χ2v) is 8.73. The summed E-state index contributed by atoms with van der Waals surface area (Å²) >= 11 is 3.30. The molecule has 7 heteroatoms. The van der Waals surface area contributed by atoms with E-state index in [1.165, 1.54) is 0 Å². The molecule has 0 atom stereocenters. The molecule has 1 aromatic heterocycles. The molecule has 29 heavy (non-hydrogen) atoms. The third-order valence-electron chi connectivity index (χ3n) is 4.64. The van der Waals surface area contributed by atoms with Gasteiger partial charge in [-0.25, -0.2) is 4.98 Å². The fraction of sp³-hybridized carbons (Fsp3) is 0.273. The molecular formula is C22H22N2O3S2. The molecule has 150 valence electrons. The minimum atomic E-state index is 0.0303. The molecule has 2 heterocycles. The van der Waals surface area contributed by atoms with Gasteiger partial charge >= 0.3 is 0 Å². The Bertz CT molecular complexity index is 1020. The van der Waals surface area contributed by atoms with E-state index in [0.29, 0.717) is 13.1 Å². The number of ether oxygens (including phenoxy) is 2. The van der Waals surface area contributed by atoms with Crippen molar-refractivity contribution in [3.63, 3.8) is 0 Å². The maximum absolute atomic E-state index is 13.3. The molecule has 0 bridgehead atoms. The van der Waals surface area contributed by atoms with Crippen LogP contribution in [0, 0.1) is 6.92 Å². The van der Waals surface area contributed by atoms with Gasteiger partial charge in [0.2, 0.25) is 6.79 Å². The molecule has 0 spiro atoms. The summed E-state index contributed by atoms with van der Waals surface area (Å²) in [4.78, 5) is 20.6. The molecule has 0 aliphatic carbocycles. The van der Waals surface area contributed by atoms with Crippen molar-refractivity contribution in [3.05, 3.63) is 69.7 Å². The van der Waals surface area contributed by atoms with Crippen molar-refractivity contribution in [1.82, 2.24) is 9.88 Å². The Balaban J connectivity index is 1.49. The Kier molecular flexibility index (Phi) is 6.06. The first-order chi connectivity index (χ1) is 14.1. The first-order valence-electron chi connectivity index (χ1n) is 9.44. The molecule has 0 saturated heterocycles. The van der Waals surface area contributed by atoms with E-state index < -0.39 is 0 Å². The number of fused-ring (bicyclic) bond motifs is 1. The summed E-state index contributed by atoms with van der Waals surface area (Å²) in [6, 6.07) is 13.6. The van der Waals surface area contributed by atoms with E-state index in [0.717, 1.165) is 44.0 Å². The van der Waals surface area contributed by atoms with Gasteiger partial charge in [-0.15, -0.1) is 23.1 Å². The minimum absolute atomic E-state index is 0.0303. The minimum Gasteiger partial charge on any atom is -0.454 e. The highest BCUT2D eigenvalue weighted by Crippen LogP contribution is 2.33. The molecule has 4 rings (SSSR count). The normalized spacial score (nSPS) is 12.2. The second kappa shape index (κ2) is 8.88. The number of rotatable bonds is 7. The van der Waals surface area contributed by atoms with Crippen LogP contribution in [0.1, 0.15) is 33.5 Å². The standard InChI is InChI=1S/C22H22N2O3S2/c1-3-24(11-16-8-9-19-20(10-16)27-14-26-19)22(25)18-6-4-5-7-21(18)29-13-17-12-28-15(2)23-17/h4-10,12H,3,11,13-14H2,1-2H3. The van der Waals surface area contributed by atoms with Gasteiger partial charge in [0.1, 0.15) is 0 Å². The van der Waals surface area contributed by atoms with Crippen LogP contribution in [0.3, 0.4) is 0 Å². The number of thioether (sulfide) groups is 1. The average Bonchev–Trinajstić information content (AvgIpc) is 3.38. The van der Waals surface area contributed by atoms with E-state index in [2.05, 4.69) is 10.4 Å². The van der Waals surface area contributed by atoms with Crippen LogP contribution in [0.15, 0.2) is 52.7 Å². The van der Waals surface area contributed by atoms with Crippen LogP contribution < -0.4 is 9.47 Å². The van der Waals surface area contributed by atoms with Crippen molar-refractivity contribution in [3.8, 4) is 11.5 Å². The molecule has 1 aliphatic rings. The van der Waals surface area contributed by atoms with Crippen LogP contribution in [0.25, 0.3) is 0 Å². The molecule has 5 nitrogen and oxygen atoms in total. The van der Waals surface area contributed by atoms with Crippen molar-refractivity contribution in [2.45, 2.75) is 31.0 Å². The quantitative estimate of drug-likeness (QED) is 0.490. The van der Waals surface area contributed by atoms with Gasteiger partial charge in [-0.2, -0.15) is 0 Å². The SMILES string of the molecule is CCN(Cc1ccc2c(c1)OCO2)C(=O)c1ccccc1SCc1csc(C)n1. The van der Waals surface area contributed by atoms with Gasteiger partial charge in [0.15, 0.2) is 11.5 Å². The van der Waals surface area contributed by atoms with E-state index in [9.17, 15) is 4.79 Å². The Morgan fingerprint density at radius 1 is 1.21 bits per heavy atom. The third-order valence-corrected chi connectivity index (χ3v) is 6.57. The van der Waals surface area contributed by atoms with Gasteiger partial charge in [0.05, 0.1) is 16.3 Å². The van der Waals surface area contributed by atoms with Crippen LogP contribution >= 0.6 is 23.1 Å². The zero-order chi connectivity index (χ0) is 20.2. The van der Waals surface area contributed by atoms with Gasteiger partial charge in [-0.05, 0) is 43.7 Å². The summed E-state index contributed by atoms with van der Waals surface area (Å²) in [6.07, 6.45) is 0. The Hall–Kier alpha value is -2.51. The Morgan fingerprint density at radius 3 is 2.83 bits per heavy atom. The molecule has 0 fully saturated rings. The first-order valence-corrected chi connectivity index (χ1v) is 11.3. The maximum atomic E-state index is 13.3. The number of carbonyl (C=O) groups excluding carboxylic acids is 1. The van der Waals surface area contributed by atoms with Crippen LogP contribution in [-0.4, -0.2) is 29.1 Å². The zero-order valence-electron chi connectivity index (χ0n) is 16.4. The summed E-state index contributed by atoms with van der Waals surface area (Å²) in [5.41, 5.74) is 2.80. The summed E-state index contributed by atoms with van der Waals surface area (Å²) in [6.45, 7) is 5.40. The summed E-state index contributed by atoms with van der Waals surface area (Å²) in [5.74, 6) is 2.27. The van der Waals surface area contributed by atoms with E-state index in [1.807, 2.05) is 61.2 Å².